The fourth-order valence-corrected chi connectivity index (χ4v) is 4.18. The van der Waals surface area contributed by atoms with Crippen LogP contribution in [0, 0.1) is 0 Å². The number of anilines is 1. The molecular formula is C28H36BrN3O5S. The van der Waals surface area contributed by atoms with Crippen LogP contribution in [-0.2, 0) is 31.9 Å². The van der Waals surface area contributed by atoms with Crippen molar-refractivity contribution in [3.8, 4) is 0 Å². The Balaban J connectivity index is 0.000000781. The number of methoxy groups -OCH3 is 1. The van der Waals surface area contributed by atoms with E-state index in [1.54, 1.807) is 18.2 Å². The maximum absolute atomic E-state index is 12.9. The molecule has 206 valence electrons. The molecular weight excluding hydrogens is 570 g/mol. The average Bonchev–Trinajstić information content (AvgIpc) is 3.12. The van der Waals surface area contributed by atoms with Gasteiger partial charge in [0.05, 0.1) is 12.0 Å². The molecule has 0 fully saturated rings. The number of carboxylic acids is 1. The van der Waals surface area contributed by atoms with Gasteiger partial charge in [-0.05, 0) is 55.7 Å². The Morgan fingerprint density at radius 2 is 1.87 bits per heavy atom. The maximum Gasteiger partial charge on any atom is 0.328 e. The highest BCUT2D eigenvalue weighted by Crippen LogP contribution is 2.22. The number of aliphatic carboxylic acids is 1. The number of ether oxygens (including phenoxy) is 1. The van der Waals surface area contributed by atoms with Crippen molar-refractivity contribution in [2.24, 2.45) is 0 Å². The van der Waals surface area contributed by atoms with Crippen LogP contribution < -0.4 is 14.9 Å². The number of rotatable bonds is 11. The third kappa shape index (κ3) is 11.9. The van der Waals surface area contributed by atoms with Crippen molar-refractivity contribution in [2.75, 3.05) is 26.1 Å². The minimum atomic E-state index is -1.47. The Bertz CT molecular complexity index is 1150. The Labute approximate surface area is 236 Å². The lowest BCUT2D eigenvalue weighted by Crippen LogP contribution is -2.24. The van der Waals surface area contributed by atoms with Gasteiger partial charge < -0.3 is 20.1 Å². The molecule has 0 heterocycles. The van der Waals surface area contributed by atoms with Crippen LogP contribution in [0.2, 0.25) is 0 Å². The van der Waals surface area contributed by atoms with Crippen LogP contribution in [0.5, 0.6) is 0 Å². The van der Waals surface area contributed by atoms with E-state index in [0.717, 1.165) is 29.4 Å². The Morgan fingerprint density at radius 3 is 2.34 bits per heavy atom. The molecule has 1 aliphatic carbocycles. The molecule has 38 heavy (non-hydrogen) atoms. The Morgan fingerprint density at radius 1 is 1.21 bits per heavy atom. The Kier molecular flexibility index (Phi) is 15.0. The molecule has 0 aromatic heterocycles. The average molecular weight is 607 g/mol. The van der Waals surface area contributed by atoms with Gasteiger partial charge in [-0.3, -0.25) is 4.79 Å². The van der Waals surface area contributed by atoms with Crippen molar-refractivity contribution in [1.29, 1.82) is 0 Å². The molecule has 3 N–H and O–H groups in total. The van der Waals surface area contributed by atoms with E-state index in [1.165, 1.54) is 13.2 Å². The fraction of sp³-hybridized carbons (Fsp3) is 0.286. The van der Waals surface area contributed by atoms with Crippen molar-refractivity contribution < 1.29 is 23.6 Å². The first-order valence-corrected chi connectivity index (χ1v) is 13.7. The second-order valence-corrected chi connectivity index (χ2v) is 10.4. The molecule has 0 saturated carbocycles. The fourth-order valence-electron chi connectivity index (χ4n) is 3.02. The predicted molar refractivity (Wildman–Crippen MR) is 159 cm³/mol. The number of nitrogens with one attached hydrogen (secondary N) is 2. The van der Waals surface area contributed by atoms with E-state index in [0.29, 0.717) is 33.7 Å². The largest absolute Gasteiger partial charge is 0.495 e. The first-order chi connectivity index (χ1) is 18.0. The van der Waals surface area contributed by atoms with E-state index < -0.39 is 17.0 Å². The summed E-state index contributed by atoms with van der Waals surface area (Å²) in [5.74, 6) is -0.646. The van der Waals surface area contributed by atoms with E-state index in [4.69, 9.17) is 9.84 Å². The topological polar surface area (TPSA) is 108 Å². The maximum atomic E-state index is 12.9. The van der Waals surface area contributed by atoms with Crippen LogP contribution >= 0.6 is 15.9 Å². The molecule has 8 nitrogen and oxygen atoms in total. The van der Waals surface area contributed by atoms with Gasteiger partial charge in [0.1, 0.15) is 16.7 Å². The monoisotopic (exact) mass is 605 g/mol. The zero-order valence-electron chi connectivity index (χ0n) is 22.4. The second kappa shape index (κ2) is 17.3. The number of hydrogen-bond donors (Lipinski definition) is 3. The van der Waals surface area contributed by atoms with Crippen LogP contribution in [0.1, 0.15) is 32.3 Å². The van der Waals surface area contributed by atoms with E-state index >= 15 is 0 Å². The molecule has 1 amide bonds. The van der Waals surface area contributed by atoms with Crippen molar-refractivity contribution in [1.82, 2.24) is 10.0 Å². The van der Waals surface area contributed by atoms with Gasteiger partial charge in [-0.15, -0.1) is 0 Å². The third-order valence-corrected chi connectivity index (χ3v) is 6.61. The van der Waals surface area contributed by atoms with Crippen LogP contribution in [0.15, 0.2) is 93.7 Å². The molecule has 1 aliphatic rings. The number of amides is 1. The summed E-state index contributed by atoms with van der Waals surface area (Å²) in [6, 6.07) is 8.06. The lowest BCUT2D eigenvalue weighted by molar-refractivity contribution is -0.131. The summed E-state index contributed by atoms with van der Waals surface area (Å²) >= 11 is 2.96. The molecule has 0 spiro atoms. The molecule has 0 bridgehead atoms. The standard InChI is InChI=1S/C23H31N3O3S.C5H5BrO2/c1-6-19(7-2)25-23(27)18-10-14-21(29-5)22(15-11-18)30(28)24-16-17-8-12-20(13-9-17)26(3)4;1-4(6)2-3-5(7)8/h6,8-10,12-15,24H,7,11,16H2,1-5H3,(H,25,27);2-3H,1H2,(H,7,8)/b19-6+;3-2+. The first-order valence-electron chi connectivity index (χ1n) is 11.8. The molecule has 10 heteroatoms. The minimum Gasteiger partial charge on any atom is -0.495 e. The lowest BCUT2D eigenvalue weighted by Gasteiger charge is -2.13. The zero-order valence-corrected chi connectivity index (χ0v) is 24.8. The smallest absolute Gasteiger partial charge is 0.328 e. The van der Waals surface area contributed by atoms with Crippen LogP contribution in [0.3, 0.4) is 0 Å². The molecule has 1 aromatic carbocycles. The van der Waals surface area contributed by atoms with Crippen molar-refractivity contribution in [3.63, 3.8) is 0 Å². The number of benzene rings is 1. The zero-order chi connectivity index (χ0) is 28.7. The van der Waals surface area contributed by atoms with Gasteiger partial charge in [0, 0.05) is 48.2 Å². The number of halogens is 1. The highest BCUT2D eigenvalue weighted by Gasteiger charge is 2.18. The molecule has 2 rings (SSSR count). The van der Waals surface area contributed by atoms with E-state index in [-0.39, 0.29) is 5.91 Å². The van der Waals surface area contributed by atoms with Gasteiger partial charge in [0.2, 0.25) is 0 Å². The SMILES string of the molecule is C/C=C(\CC)NC(=O)C1=CC=C(OC)C(S(=O)NCc2ccc(N(C)C)cc2)=CC1.C=C(Br)/C=C/C(=O)O. The molecule has 0 radical (unpaired) electrons. The summed E-state index contributed by atoms with van der Waals surface area (Å²) < 4.78 is 21.9. The number of allylic oxidation sites excluding steroid dienone is 7. The second-order valence-electron chi connectivity index (χ2n) is 8.09. The highest BCUT2D eigenvalue weighted by molar-refractivity contribution is 9.11. The quantitative estimate of drug-likeness (QED) is 0.236. The minimum absolute atomic E-state index is 0.158. The summed E-state index contributed by atoms with van der Waals surface area (Å²) in [7, 11) is 4.04. The van der Waals surface area contributed by atoms with Crippen LogP contribution in [0.25, 0.3) is 0 Å². The van der Waals surface area contributed by atoms with Gasteiger partial charge >= 0.3 is 5.97 Å². The van der Waals surface area contributed by atoms with Crippen molar-refractivity contribution in [3.05, 3.63) is 99.3 Å². The van der Waals surface area contributed by atoms with Gasteiger partial charge in [-0.1, -0.05) is 53.7 Å². The number of nitrogens with zero attached hydrogens (tertiary/aromatic N) is 1. The molecule has 1 atom stereocenters. The van der Waals surface area contributed by atoms with E-state index in [2.05, 4.69) is 32.5 Å². The lowest BCUT2D eigenvalue weighted by atomic mass is 10.1. The molecule has 0 saturated heterocycles. The first kappa shape index (κ1) is 32.8. The van der Waals surface area contributed by atoms with Gasteiger partial charge in [-0.2, -0.15) is 0 Å². The van der Waals surface area contributed by atoms with Crippen molar-refractivity contribution in [2.45, 2.75) is 33.2 Å². The van der Waals surface area contributed by atoms with Crippen LogP contribution in [0.4, 0.5) is 5.69 Å². The normalized spacial score (nSPS) is 14.2. The van der Waals surface area contributed by atoms with E-state index in [1.807, 2.05) is 63.2 Å². The molecule has 1 unspecified atom stereocenters. The number of carbonyl (C=O) groups excluding carboxylic acids is 1. The third-order valence-electron chi connectivity index (χ3n) is 5.17. The van der Waals surface area contributed by atoms with Gasteiger partial charge in [-0.25, -0.2) is 13.7 Å². The number of carbonyl (C=O) groups is 2. The summed E-state index contributed by atoms with van der Waals surface area (Å²) in [6.07, 6.45) is 10.6. The Hall–Kier alpha value is -3.21. The van der Waals surface area contributed by atoms with E-state index in [9.17, 15) is 13.8 Å². The van der Waals surface area contributed by atoms with Crippen molar-refractivity contribution >= 4 is 44.5 Å². The summed E-state index contributed by atoms with van der Waals surface area (Å²) in [4.78, 5) is 24.8. The van der Waals surface area contributed by atoms with Crippen LogP contribution in [-0.4, -0.2) is 42.4 Å². The number of hydrogen-bond acceptors (Lipinski definition) is 5. The number of carboxylic acid groups (broad SMARTS) is 1. The van der Waals surface area contributed by atoms with Gasteiger partial charge in [0.25, 0.3) is 5.91 Å². The highest BCUT2D eigenvalue weighted by atomic mass is 79.9. The predicted octanol–water partition coefficient (Wildman–Crippen LogP) is 5.22. The summed E-state index contributed by atoms with van der Waals surface area (Å²) in [6.45, 7) is 7.73. The van der Waals surface area contributed by atoms with Gasteiger partial charge in [0.15, 0.2) is 0 Å². The molecule has 1 aromatic rings. The summed E-state index contributed by atoms with van der Waals surface area (Å²) in [5, 5.41) is 10.9. The molecule has 0 aliphatic heterocycles. The summed E-state index contributed by atoms with van der Waals surface area (Å²) in [5.41, 5.74) is 3.60.